The van der Waals surface area contributed by atoms with Gasteiger partial charge in [0.05, 0.1) is 16.6 Å². The van der Waals surface area contributed by atoms with Gasteiger partial charge in [-0.1, -0.05) is 11.6 Å². The first-order chi connectivity index (χ1) is 13.9. The molecule has 0 aromatic heterocycles. The predicted octanol–water partition coefficient (Wildman–Crippen LogP) is 3.06. The van der Waals surface area contributed by atoms with Crippen LogP contribution in [0, 0.1) is 17.6 Å². The number of hydrogen-bond acceptors (Lipinski definition) is 4. The van der Waals surface area contributed by atoms with E-state index in [-0.39, 0.29) is 31.1 Å². The van der Waals surface area contributed by atoms with Crippen LogP contribution in [0.15, 0.2) is 30.3 Å². The van der Waals surface area contributed by atoms with Gasteiger partial charge in [-0.2, -0.15) is 0 Å². The highest BCUT2D eigenvalue weighted by molar-refractivity contribution is 6.32. The maximum atomic E-state index is 14.0. The summed E-state index contributed by atoms with van der Waals surface area (Å²) in [5, 5.41) is 3.15. The standard InChI is InChI=1S/C20H17ClF2N2O4/c21-14-5-11(6-17-19(14)29-4-3-28-17)9-24-20(27)12-7-18(26)25(10-12)16-2-1-13(22)8-15(16)23/h1-2,5-6,8,12H,3-4,7,9-10H2,(H,24,27). The van der Waals surface area contributed by atoms with Gasteiger partial charge in [0, 0.05) is 25.6 Å². The maximum absolute atomic E-state index is 14.0. The second-order valence-corrected chi connectivity index (χ2v) is 7.23. The van der Waals surface area contributed by atoms with Crippen molar-refractivity contribution in [2.24, 2.45) is 5.92 Å². The Kier molecular flexibility index (Phi) is 5.27. The fourth-order valence-electron chi connectivity index (χ4n) is 3.42. The van der Waals surface area contributed by atoms with Crippen molar-refractivity contribution in [2.45, 2.75) is 13.0 Å². The molecular weight excluding hydrogens is 406 g/mol. The molecule has 0 saturated carbocycles. The summed E-state index contributed by atoms with van der Waals surface area (Å²) in [6.07, 6.45) is -0.0510. The van der Waals surface area contributed by atoms with E-state index in [1.807, 2.05) is 0 Å². The van der Waals surface area contributed by atoms with E-state index in [1.54, 1.807) is 12.1 Å². The number of benzene rings is 2. The molecule has 2 aliphatic rings. The van der Waals surface area contributed by atoms with E-state index in [2.05, 4.69) is 5.32 Å². The summed E-state index contributed by atoms with van der Waals surface area (Å²) < 4.78 is 38.0. The Bertz CT molecular complexity index is 985. The number of nitrogens with zero attached hydrogens (tertiary/aromatic N) is 1. The van der Waals surface area contributed by atoms with E-state index in [9.17, 15) is 18.4 Å². The number of hydrogen-bond donors (Lipinski definition) is 1. The minimum atomic E-state index is -0.842. The van der Waals surface area contributed by atoms with Crippen molar-refractivity contribution in [1.29, 1.82) is 0 Å². The third kappa shape index (κ3) is 3.98. The zero-order valence-electron chi connectivity index (χ0n) is 15.2. The molecule has 2 heterocycles. The zero-order chi connectivity index (χ0) is 20.5. The van der Waals surface area contributed by atoms with Crippen molar-refractivity contribution in [2.75, 3.05) is 24.7 Å². The molecule has 9 heteroatoms. The van der Waals surface area contributed by atoms with Crippen LogP contribution < -0.4 is 19.7 Å². The fourth-order valence-corrected chi connectivity index (χ4v) is 3.70. The topological polar surface area (TPSA) is 67.9 Å². The Hall–Kier alpha value is -2.87. The van der Waals surface area contributed by atoms with E-state index < -0.39 is 23.5 Å². The normalized spacial score (nSPS) is 18.1. The van der Waals surface area contributed by atoms with Gasteiger partial charge in [-0.3, -0.25) is 9.59 Å². The van der Waals surface area contributed by atoms with Gasteiger partial charge in [-0.15, -0.1) is 0 Å². The van der Waals surface area contributed by atoms with Gasteiger partial charge in [0.25, 0.3) is 0 Å². The number of anilines is 1. The van der Waals surface area contributed by atoms with Gasteiger partial charge in [0.15, 0.2) is 11.5 Å². The SMILES string of the molecule is O=C(NCc1cc(Cl)c2c(c1)OCCO2)C1CC(=O)N(c2ccc(F)cc2F)C1. The Morgan fingerprint density at radius 3 is 2.79 bits per heavy atom. The highest BCUT2D eigenvalue weighted by atomic mass is 35.5. The average molecular weight is 423 g/mol. The van der Waals surface area contributed by atoms with Crippen LogP contribution in [-0.4, -0.2) is 31.6 Å². The number of rotatable bonds is 4. The summed E-state index contributed by atoms with van der Waals surface area (Å²) in [6.45, 7) is 1.04. The van der Waals surface area contributed by atoms with Crippen molar-refractivity contribution in [1.82, 2.24) is 5.32 Å². The zero-order valence-corrected chi connectivity index (χ0v) is 16.0. The Labute approximate surface area is 170 Å². The molecule has 1 saturated heterocycles. The molecule has 2 aliphatic heterocycles. The van der Waals surface area contributed by atoms with Crippen LogP contribution in [0.5, 0.6) is 11.5 Å². The Morgan fingerprint density at radius 2 is 2.00 bits per heavy atom. The van der Waals surface area contributed by atoms with Crippen LogP contribution in [0.1, 0.15) is 12.0 Å². The molecule has 0 aliphatic carbocycles. The minimum Gasteiger partial charge on any atom is -0.486 e. The van der Waals surface area contributed by atoms with Crippen LogP contribution in [0.3, 0.4) is 0 Å². The first-order valence-corrected chi connectivity index (χ1v) is 9.41. The lowest BCUT2D eigenvalue weighted by atomic mass is 10.1. The molecule has 2 amide bonds. The highest BCUT2D eigenvalue weighted by Crippen LogP contribution is 2.38. The maximum Gasteiger partial charge on any atom is 0.227 e. The Balaban J connectivity index is 1.41. The first-order valence-electron chi connectivity index (χ1n) is 9.03. The molecule has 0 radical (unpaired) electrons. The van der Waals surface area contributed by atoms with E-state index in [0.29, 0.717) is 35.8 Å². The number of amides is 2. The van der Waals surface area contributed by atoms with Gasteiger partial charge < -0.3 is 19.7 Å². The number of nitrogens with one attached hydrogen (secondary N) is 1. The second kappa shape index (κ2) is 7.87. The highest BCUT2D eigenvalue weighted by Gasteiger charge is 2.36. The van der Waals surface area contributed by atoms with Crippen molar-refractivity contribution in [3.05, 3.63) is 52.6 Å². The average Bonchev–Trinajstić information content (AvgIpc) is 3.08. The number of carbonyl (C=O) groups is 2. The summed E-state index contributed by atoms with van der Waals surface area (Å²) in [7, 11) is 0. The third-order valence-corrected chi connectivity index (χ3v) is 5.10. The largest absolute Gasteiger partial charge is 0.486 e. The monoisotopic (exact) mass is 422 g/mol. The molecule has 152 valence electrons. The summed E-state index contributed by atoms with van der Waals surface area (Å²) in [4.78, 5) is 25.9. The van der Waals surface area contributed by atoms with Crippen molar-refractivity contribution < 1.29 is 27.8 Å². The molecular formula is C20H17ClF2N2O4. The lowest BCUT2D eigenvalue weighted by Gasteiger charge is -2.20. The second-order valence-electron chi connectivity index (χ2n) is 6.82. The van der Waals surface area contributed by atoms with E-state index >= 15 is 0 Å². The molecule has 0 spiro atoms. The third-order valence-electron chi connectivity index (χ3n) is 4.82. The van der Waals surface area contributed by atoms with Crippen LogP contribution >= 0.6 is 11.6 Å². The minimum absolute atomic E-state index is 0.0229. The van der Waals surface area contributed by atoms with Gasteiger partial charge in [0.1, 0.15) is 24.8 Å². The molecule has 1 N–H and O–H groups in total. The van der Waals surface area contributed by atoms with Crippen LogP contribution in [0.2, 0.25) is 5.02 Å². The summed E-state index contributed by atoms with van der Waals surface area (Å²) in [6, 6.07) is 6.39. The van der Waals surface area contributed by atoms with E-state index in [4.69, 9.17) is 21.1 Å². The number of ether oxygens (including phenoxy) is 2. The van der Waals surface area contributed by atoms with Crippen molar-refractivity contribution in [3.63, 3.8) is 0 Å². The van der Waals surface area contributed by atoms with Crippen LogP contribution in [0.25, 0.3) is 0 Å². The number of carbonyl (C=O) groups excluding carboxylic acids is 2. The Morgan fingerprint density at radius 1 is 1.21 bits per heavy atom. The molecule has 4 rings (SSSR count). The summed E-state index contributed by atoms with van der Waals surface area (Å²) in [5.74, 6) is -1.95. The molecule has 2 aromatic carbocycles. The molecule has 0 bridgehead atoms. The number of fused-ring (bicyclic) bond motifs is 1. The molecule has 6 nitrogen and oxygen atoms in total. The smallest absolute Gasteiger partial charge is 0.227 e. The van der Waals surface area contributed by atoms with Crippen molar-refractivity contribution in [3.8, 4) is 11.5 Å². The molecule has 1 atom stereocenters. The molecule has 1 fully saturated rings. The summed E-state index contributed by atoms with van der Waals surface area (Å²) in [5.41, 5.74) is 0.684. The first kappa shape index (κ1) is 19.4. The van der Waals surface area contributed by atoms with Gasteiger partial charge in [-0.25, -0.2) is 8.78 Å². The summed E-state index contributed by atoms with van der Waals surface area (Å²) >= 11 is 6.19. The predicted molar refractivity (Wildman–Crippen MR) is 101 cm³/mol. The van der Waals surface area contributed by atoms with Crippen LogP contribution in [-0.2, 0) is 16.1 Å². The molecule has 2 aromatic rings. The van der Waals surface area contributed by atoms with Crippen molar-refractivity contribution >= 4 is 29.1 Å². The van der Waals surface area contributed by atoms with Gasteiger partial charge in [-0.05, 0) is 29.8 Å². The van der Waals surface area contributed by atoms with E-state index in [0.717, 1.165) is 11.6 Å². The van der Waals surface area contributed by atoms with Gasteiger partial charge >= 0.3 is 0 Å². The quantitative estimate of drug-likeness (QED) is 0.822. The van der Waals surface area contributed by atoms with Crippen LogP contribution in [0.4, 0.5) is 14.5 Å². The van der Waals surface area contributed by atoms with Gasteiger partial charge in [0.2, 0.25) is 11.8 Å². The molecule has 1 unspecified atom stereocenters. The fraction of sp³-hybridized carbons (Fsp3) is 0.300. The number of halogens is 3. The lowest BCUT2D eigenvalue weighted by Crippen LogP contribution is -2.33. The van der Waals surface area contributed by atoms with E-state index in [1.165, 1.54) is 11.0 Å². The molecule has 29 heavy (non-hydrogen) atoms. The lowest BCUT2D eigenvalue weighted by molar-refractivity contribution is -0.126.